The smallest absolute Gasteiger partial charge is 0.257 e. The van der Waals surface area contributed by atoms with E-state index in [0.717, 1.165) is 37.3 Å². The van der Waals surface area contributed by atoms with Crippen molar-refractivity contribution >= 4 is 17.5 Å². The van der Waals surface area contributed by atoms with Crippen LogP contribution in [0.5, 0.6) is 0 Å². The standard InChI is InChI=1S/C19H22N4O2/c1-21-18(16(12-20-21)19(25)22-9-5-6-10-22)14-11-17(24)23(13-14)15-7-3-2-4-8-15/h2-4,7-8,12,14H,5-6,9-11,13H2,1H3. The van der Waals surface area contributed by atoms with Gasteiger partial charge in [0.2, 0.25) is 5.91 Å². The first-order valence-electron chi connectivity index (χ1n) is 8.81. The Morgan fingerprint density at radius 3 is 2.60 bits per heavy atom. The van der Waals surface area contributed by atoms with Gasteiger partial charge in [-0.1, -0.05) is 18.2 Å². The van der Waals surface area contributed by atoms with Crippen LogP contribution in [0.3, 0.4) is 0 Å². The Kier molecular flexibility index (Phi) is 4.03. The number of para-hydroxylation sites is 1. The average molecular weight is 338 g/mol. The van der Waals surface area contributed by atoms with Crippen molar-refractivity contribution in [1.29, 1.82) is 0 Å². The van der Waals surface area contributed by atoms with Crippen LogP contribution in [0.1, 0.15) is 41.2 Å². The molecule has 1 atom stereocenters. The molecule has 0 saturated carbocycles. The van der Waals surface area contributed by atoms with E-state index in [2.05, 4.69) is 5.10 Å². The van der Waals surface area contributed by atoms with E-state index in [4.69, 9.17) is 0 Å². The van der Waals surface area contributed by atoms with Crippen molar-refractivity contribution in [3.8, 4) is 0 Å². The number of hydrogen-bond acceptors (Lipinski definition) is 3. The van der Waals surface area contributed by atoms with Crippen LogP contribution in [-0.2, 0) is 11.8 Å². The number of carbonyl (C=O) groups excluding carboxylic acids is 2. The molecule has 0 radical (unpaired) electrons. The molecule has 6 heteroatoms. The van der Waals surface area contributed by atoms with Crippen LogP contribution in [-0.4, -0.2) is 46.1 Å². The summed E-state index contributed by atoms with van der Waals surface area (Å²) in [4.78, 5) is 29.1. The Bertz CT molecular complexity index is 793. The first-order valence-corrected chi connectivity index (χ1v) is 8.81. The summed E-state index contributed by atoms with van der Waals surface area (Å²) in [7, 11) is 1.85. The normalized spacial score (nSPS) is 20.5. The fourth-order valence-electron chi connectivity index (χ4n) is 3.93. The van der Waals surface area contributed by atoms with Gasteiger partial charge in [0.05, 0.1) is 17.5 Å². The first kappa shape index (κ1) is 15.9. The van der Waals surface area contributed by atoms with Crippen LogP contribution in [0.25, 0.3) is 0 Å². The summed E-state index contributed by atoms with van der Waals surface area (Å²) in [5, 5.41) is 4.32. The van der Waals surface area contributed by atoms with Gasteiger partial charge < -0.3 is 9.80 Å². The van der Waals surface area contributed by atoms with Gasteiger partial charge in [-0.25, -0.2) is 0 Å². The molecule has 2 amide bonds. The van der Waals surface area contributed by atoms with Crippen molar-refractivity contribution in [3.63, 3.8) is 0 Å². The van der Waals surface area contributed by atoms with Gasteiger partial charge in [0.25, 0.3) is 5.91 Å². The SMILES string of the molecule is Cn1ncc(C(=O)N2CCCC2)c1C1CC(=O)N(c2ccccc2)C1. The topological polar surface area (TPSA) is 58.4 Å². The zero-order valence-corrected chi connectivity index (χ0v) is 14.4. The number of benzene rings is 1. The average Bonchev–Trinajstić information content (AvgIpc) is 3.35. The zero-order chi connectivity index (χ0) is 17.4. The van der Waals surface area contributed by atoms with Gasteiger partial charge in [-0.15, -0.1) is 0 Å². The molecule has 4 rings (SSSR count). The Hall–Kier alpha value is -2.63. The Morgan fingerprint density at radius 2 is 1.88 bits per heavy atom. The van der Waals surface area contributed by atoms with Crippen molar-refractivity contribution in [3.05, 3.63) is 47.8 Å². The number of aryl methyl sites for hydroxylation is 1. The quantitative estimate of drug-likeness (QED) is 0.862. The molecule has 1 aromatic carbocycles. The highest BCUT2D eigenvalue weighted by atomic mass is 16.2. The van der Waals surface area contributed by atoms with E-state index in [1.54, 1.807) is 10.9 Å². The third-order valence-corrected chi connectivity index (χ3v) is 5.19. The largest absolute Gasteiger partial charge is 0.339 e. The molecular formula is C19H22N4O2. The van der Waals surface area contributed by atoms with Gasteiger partial charge in [-0.3, -0.25) is 14.3 Å². The van der Waals surface area contributed by atoms with Crippen molar-refractivity contribution < 1.29 is 9.59 Å². The molecule has 6 nitrogen and oxygen atoms in total. The molecule has 2 aliphatic rings. The van der Waals surface area contributed by atoms with E-state index >= 15 is 0 Å². The van der Waals surface area contributed by atoms with Crippen LogP contribution in [0, 0.1) is 0 Å². The maximum Gasteiger partial charge on any atom is 0.257 e. The summed E-state index contributed by atoms with van der Waals surface area (Å²) in [6.07, 6.45) is 4.19. The molecule has 0 spiro atoms. The van der Waals surface area contributed by atoms with Crippen molar-refractivity contribution in [2.75, 3.05) is 24.5 Å². The van der Waals surface area contributed by atoms with Crippen molar-refractivity contribution in [2.24, 2.45) is 7.05 Å². The fourth-order valence-corrected chi connectivity index (χ4v) is 3.93. The molecule has 0 aliphatic carbocycles. The van der Waals surface area contributed by atoms with Gasteiger partial charge >= 0.3 is 0 Å². The fraction of sp³-hybridized carbons (Fsp3) is 0.421. The summed E-state index contributed by atoms with van der Waals surface area (Å²) in [6, 6.07) is 9.69. The second-order valence-corrected chi connectivity index (χ2v) is 6.81. The van der Waals surface area contributed by atoms with E-state index in [0.29, 0.717) is 18.5 Å². The number of amides is 2. The minimum Gasteiger partial charge on any atom is -0.339 e. The molecule has 25 heavy (non-hydrogen) atoms. The Balaban J connectivity index is 1.61. The highest BCUT2D eigenvalue weighted by Gasteiger charge is 2.36. The van der Waals surface area contributed by atoms with Gasteiger partial charge in [0, 0.05) is 44.7 Å². The number of anilines is 1. The number of aromatic nitrogens is 2. The van der Waals surface area contributed by atoms with Crippen LogP contribution in [0.15, 0.2) is 36.5 Å². The lowest BCUT2D eigenvalue weighted by Crippen LogP contribution is -2.29. The van der Waals surface area contributed by atoms with E-state index in [9.17, 15) is 9.59 Å². The molecule has 2 saturated heterocycles. The molecule has 3 heterocycles. The van der Waals surface area contributed by atoms with Crippen LogP contribution in [0.4, 0.5) is 5.69 Å². The Morgan fingerprint density at radius 1 is 1.16 bits per heavy atom. The molecular weight excluding hydrogens is 316 g/mol. The molecule has 2 aromatic rings. The van der Waals surface area contributed by atoms with Gasteiger partial charge in [-0.05, 0) is 25.0 Å². The number of rotatable bonds is 3. The lowest BCUT2D eigenvalue weighted by atomic mass is 10.00. The number of likely N-dealkylation sites (tertiary alicyclic amines) is 1. The van der Waals surface area contributed by atoms with Crippen LogP contribution >= 0.6 is 0 Å². The lowest BCUT2D eigenvalue weighted by molar-refractivity contribution is -0.117. The second kappa shape index (κ2) is 6.35. The summed E-state index contributed by atoms with van der Waals surface area (Å²) in [5.41, 5.74) is 2.44. The van der Waals surface area contributed by atoms with Crippen molar-refractivity contribution in [1.82, 2.24) is 14.7 Å². The maximum atomic E-state index is 12.8. The van der Waals surface area contributed by atoms with E-state index in [1.807, 2.05) is 47.2 Å². The molecule has 0 N–H and O–H groups in total. The lowest BCUT2D eigenvalue weighted by Gasteiger charge is -2.19. The summed E-state index contributed by atoms with van der Waals surface area (Å²) >= 11 is 0. The number of carbonyl (C=O) groups is 2. The zero-order valence-electron chi connectivity index (χ0n) is 14.4. The number of nitrogens with zero attached hydrogens (tertiary/aromatic N) is 4. The molecule has 2 fully saturated rings. The van der Waals surface area contributed by atoms with Gasteiger partial charge in [-0.2, -0.15) is 5.10 Å². The summed E-state index contributed by atoms with van der Waals surface area (Å²) < 4.78 is 1.76. The first-order chi connectivity index (χ1) is 12.1. The highest BCUT2D eigenvalue weighted by molar-refractivity contribution is 5.98. The van der Waals surface area contributed by atoms with Gasteiger partial charge in [0.15, 0.2) is 0 Å². The minimum absolute atomic E-state index is 0.0123. The van der Waals surface area contributed by atoms with E-state index in [-0.39, 0.29) is 17.7 Å². The van der Waals surface area contributed by atoms with Gasteiger partial charge in [0.1, 0.15) is 0 Å². The number of hydrogen-bond donors (Lipinski definition) is 0. The monoisotopic (exact) mass is 338 g/mol. The minimum atomic E-state index is -0.0123. The van der Waals surface area contributed by atoms with Crippen LogP contribution < -0.4 is 4.90 Å². The summed E-state index contributed by atoms with van der Waals surface area (Å²) in [5.74, 6) is 0.130. The molecule has 1 unspecified atom stereocenters. The van der Waals surface area contributed by atoms with E-state index < -0.39 is 0 Å². The molecule has 1 aromatic heterocycles. The molecule has 0 bridgehead atoms. The predicted octanol–water partition coefficient (Wildman–Crippen LogP) is 2.18. The third kappa shape index (κ3) is 2.81. The second-order valence-electron chi connectivity index (χ2n) is 6.81. The third-order valence-electron chi connectivity index (χ3n) is 5.19. The summed E-state index contributed by atoms with van der Waals surface area (Å²) in [6.45, 7) is 2.21. The predicted molar refractivity (Wildman–Crippen MR) is 94.5 cm³/mol. The van der Waals surface area contributed by atoms with Crippen molar-refractivity contribution in [2.45, 2.75) is 25.2 Å². The molecule has 130 valence electrons. The molecule has 2 aliphatic heterocycles. The van der Waals surface area contributed by atoms with E-state index in [1.165, 1.54) is 0 Å². The van der Waals surface area contributed by atoms with Crippen LogP contribution in [0.2, 0.25) is 0 Å². The highest BCUT2D eigenvalue weighted by Crippen LogP contribution is 2.33. The Labute approximate surface area is 147 Å². The maximum absolute atomic E-state index is 12.8.